The van der Waals surface area contributed by atoms with Crippen LogP contribution < -0.4 is 56.7 Å². The van der Waals surface area contributed by atoms with Gasteiger partial charge >= 0.3 is 51.4 Å². The van der Waals surface area contributed by atoms with Crippen LogP contribution >= 0.6 is 0 Å². The van der Waals surface area contributed by atoms with Gasteiger partial charge < -0.3 is 12.2 Å². The number of rotatable bonds is 9. The molecule has 0 saturated carbocycles. The molecule has 1 heterocycles. The van der Waals surface area contributed by atoms with Crippen molar-refractivity contribution in [2.75, 3.05) is 5.32 Å². The van der Waals surface area contributed by atoms with Crippen LogP contribution in [0.4, 0.5) is 5.69 Å². The molecular weight excluding hydrogens is 475 g/mol. The van der Waals surface area contributed by atoms with Crippen molar-refractivity contribution in [3.8, 4) is 0 Å². The Labute approximate surface area is 266 Å². The molecule has 2 nitrogen and oxygen atoms in total. The average Bonchev–Trinajstić information content (AvgIpc) is 2.89. The fourth-order valence-corrected chi connectivity index (χ4v) is 5.04. The van der Waals surface area contributed by atoms with E-state index < -0.39 is 0 Å². The zero-order valence-corrected chi connectivity index (χ0v) is 26.2. The number of unbranched alkanes of at least 4 members (excludes halogenated alkanes) is 1. The first-order chi connectivity index (χ1) is 17.5. The van der Waals surface area contributed by atoms with Gasteiger partial charge in [-0.2, -0.15) is 24.1 Å². The van der Waals surface area contributed by atoms with Gasteiger partial charge in [-0.1, -0.05) is 57.2 Å². The van der Waals surface area contributed by atoms with E-state index in [1.807, 2.05) is 13.0 Å². The molecule has 3 heteroatoms. The SMILES string of the molecule is C=C(/C(=C\CCC)c1ccc2c(c1)C(Nc1cccc([CH2-])c1C[CH2-])=C(CC)CC2)c1cccc(C)n1.[K+]. The molecule has 0 amide bonds. The number of pyridine rings is 1. The number of hydrogen-bond donors (Lipinski definition) is 1. The van der Waals surface area contributed by atoms with Crippen LogP contribution in [0.25, 0.3) is 16.8 Å². The standard InChI is InChI=1S/C34H38N2.K/c1-7-10-15-30(25(6)32-16-12-14-24(5)35-32)28-21-20-27-19-18-26(8-2)34(31(27)22-28)36-33-17-11-13-23(4)29(33)9-3;/h11-17,20-22,36H,3-4,6-10,18-19H2,1-2,5H3;/q-2;+1/b30-15+;. The molecule has 37 heavy (non-hydrogen) atoms. The summed E-state index contributed by atoms with van der Waals surface area (Å²) in [4.78, 5) is 4.76. The fraction of sp³-hybridized carbons (Fsp3) is 0.265. The van der Waals surface area contributed by atoms with Gasteiger partial charge in [0.05, 0.1) is 5.69 Å². The van der Waals surface area contributed by atoms with Crippen LogP contribution in [0.2, 0.25) is 0 Å². The second-order valence-corrected chi connectivity index (χ2v) is 9.57. The summed E-state index contributed by atoms with van der Waals surface area (Å²) in [5.41, 5.74) is 13.9. The summed E-state index contributed by atoms with van der Waals surface area (Å²) in [6.07, 6.45) is 8.28. The summed E-state index contributed by atoms with van der Waals surface area (Å²) >= 11 is 0. The monoisotopic (exact) mass is 513 g/mol. The van der Waals surface area contributed by atoms with Crippen LogP contribution in [0.3, 0.4) is 0 Å². The van der Waals surface area contributed by atoms with Crippen molar-refractivity contribution in [1.29, 1.82) is 0 Å². The van der Waals surface area contributed by atoms with E-state index in [0.717, 1.165) is 60.3 Å². The van der Waals surface area contributed by atoms with Gasteiger partial charge in [0.1, 0.15) is 0 Å². The van der Waals surface area contributed by atoms with Crippen molar-refractivity contribution in [3.63, 3.8) is 0 Å². The Morgan fingerprint density at radius 2 is 1.86 bits per heavy atom. The molecule has 1 aliphatic rings. The minimum Gasteiger partial charge on any atom is -0.366 e. The number of nitrogens with one attached hydrogen (secondary N) is 1. The van der Waals surface area contributed by atoms with E-state index in [-0.39, 0.29) is 51.4 Å². The van der Waals surface area contributed by atoms with E-state index in [4.69, 9.17) is 4.98 Å². The van der Waals surface area contributed by atoms with Crippen molar-refractivity contribution in [3.05, 3.63) is 126 Å². The second-order valence-electron chi connectivity index (χ2n) is 9.57. The van der Waals surface area contributed by atoms with E-state index in [9.17, 15) is 0 Å². The van der Waals surface area contributed by atoms with Gasteiger partial charge in [-0.3, -0.25) is 4.98 Å². The van der Waals surface area contributed by atoms with Gasteiger partial charge in [0, 0.05) is 22.5 Å². The molecule has 1 aromatic heterocycles. The summed E-state index contributed by atoms with van der Waals surface area (Å²) < 4.78 is 0. The van der Waals surface area contributed by atoms with Crippen LogP contribution in [-0.2, 0) is 12.8 Å². The molecule has 4 rings (SSSR count). The smallest absolute Gasteiger partial charge is 0.366 e. The van der Waals surface area contributed by atoms with Crippen LogP contribution in [0, 0.1) is 20.8 Å². The normalized spacial score (nSPS) is 13.1. The molecule has 0 fully saturated rings. The number of allylic oxidation sites excluding steroid dienone is 4. The third-order valence-corrected chi connectivity index (χ3v) is 7.11. The first-order valence-corrected chi connectivity index (χ1v) is 13.2. The third-order valence-electron chi connectivity index (χ3n) is 7.11. The Hall–Kier alpha value is -1.88. The molecular formula is C34H38KN2-. The van der Waals surface area contributed by atoms with Gasteiger partial charge in [0.2, 0.25) is 0 Å². The maximum atomic E-state index is 4.76. The Morgan fingerprint density at radius 3 is 2.57 bits per heavy atom. The minimum atomic E-state index is 0. The molecule has 0 bridgehead atoms. The first-order valence-electron chi connectivity index (χ1n) is 13.2. The number of benzene rings is 2. The zero-order valence-electron chi connectivity index (χ0n) is 23.1. The summed E-state index contributed by atoms with van der Waals surface area (Å²) in [5.74, 6) is 0. The molecule has 0 atom stereocenters. The summed E-state index contributed by atoms with van der Waals surface area (Å²) in [6, 6.07) is 19.3. The zero-order chi connectivity index (χ0) is 25.7. The molecule has 0 saturated heterocycles. The number of fused-ring (bicyclic) bond motifs is 1. The van der Waals surface area contributed by atoms with E-state index in [0.29, 0.717) is 6.42 Å². The largest absolute Gasteiger partial charge is 1.00 e. The first kappa shape index (κ1) is 29.7. The molecule has 0 spiro atoms. The number of aromatic nitrogens is 1. The molecule has 0 unspecified atom stereocenters. The molecule has 186 valence electrons. The van der Waals surface area contributed by atoms with Crippen LogP contribution in [-0.4, -0.2) is 4.98 Å². The van der Waals surface area contributed by atoms with Crippen molar-refractivity contribution in [1.82, 2.24) is 4.98 Å². The Bertz CT molecular complexity index is 1330. The van der Waals surface area contributed by atoms with Gasteiger partial charge in [0.25, 0.3) is 0 Å². The van der Waals surface area contributed by atoms with E-state index in [1.165, 1.54) is 39.1 Å². The number of aryl methyl sites for hydroxylation is 2. The van der Waals surface area contributed by atoms with Gasteiger partial charge in [0.15, 0.2) is 0 Å². The maximum Gasteiger partial charge on any atom is 1.00 e. The topological polar surface area (TPSA) is 24.9 Å². The summed E-state index contributed by atoms with van der Waals surface area (Å²) in [6.45, 7) is 19.4. The quantitative estimate of drug-likeness (QED) is 0.215. The number of hydrogen-bond acceptors (Lipinski definition) is 2. The predicted molar refractivity (Wildman–Crippen MR) is 156 cm³/mol. The molecule has 1 N–H and O–H groups in total. The number of nitrogens with zero attached hydrogens (tertiary/aromatic N) is 1. The summed E-state index contributed by atoms with van der Waals surface area (Å²) in [5, 5.41) is 3.82. The maximum absolute atomic E-state index is 4.76. The Kier molecular flexibility index (Phi) is 11.0. The van der Waals surface area contributed by atoms with E-state index in [1.54, 1.807) is 0 Å². The third kappa shape index (κ3) is 6.77. The molecule has 1 aliphatic carbocycles. The Balaban J connectivity index is 0.00000380. The van der Waals surface area contributed by atoms with Crippen molar-refractivity contribution >= 4 is 22.5 Å². The van der Waals surface area contributed by atoms with Gasteiger partial charge in [-0.15, -0.1) is 6.07 Å². The average molecular weight is 514 g/mol. The van der Waals surface area contributed by atoms with E-state index in [2.05, 4.69) is 94.2 Å². The van der Waals surface area contributed by atoms with Crippen molar-refractivity contribution in [2.45, 2.75) is 59.3 Å². The van der Waals surface area contributed by atoms with Gasteiger partial charge in [-0.25, -0.2) is 6.42 Å². The van der Waals surface area contributed by atoms with Crippen molar-refractivity contribution < 1.29 is 51.4 Å². The van der Waals surface area contributed by atoms with Gasteiger partial charge in [-0.05, 0) is 78.8 Å². The van der Waals surface area contributed by atoms with Crippen LogP contribution in [0.5, 0.6) is 0 Å². The summed E-state index contributed by atoms with van der Waals surface area (Å²) in [7, 11) is 0. The number of anilines is 1. The van der Waals surface area contributed by atoms with Crippen molar-refractivity contribution in [2.24, 2.45) is 0 Å². The second kappa shape index (κ2) is 13.8. The molecule has 0 aliphatic heterocycles. The Morgan fingerprint density at radius 1 is 1.08 bits per heavy atom. The van der Waals surface area contributed by atoms with Crippen LogP contribution in [0.15, 0.2) is 72.8 Å². The molecule has 0 radical (unpaired) electrons. The van der Waals surface area contributed by atoms with E-state index >= 15 is 0 Å². The molecule has 2 aromatic carbocycles. The minimum absolute atomic E-state index is 0. The predicted octanol–water partition coefficient (Wildman–Crippen LogP) is 6.03. The fourth-order valence-electron chi connectivity index (χ4n) is 5.04. The van der Waals surface area contributed by atoms with Crippen LogP contribution in [0.1, 0.15) is 78.7 Å². The molecule has 3 aromatic rings.